The lowest BCUT2D eigenvalue weighted by Crippen LogP contribution is -2.31. The van der Waals surface area contributed by atoms with Gasteiger partial charge in [-0.05, 0) is 24.7 Å². The van der Waals surface area contributed by atoms with Crippen LogP contribution < -0.4 is 5.32 Å². The predicted octanol–water partition coefficient (Wildman–Crippen LogP) is 1.63. The van der Waals surface area contributed by atoms with E-state index in [0.29, 0.717) is 13.2 Å². The number of hydrogen-bond acceptors (Lipinski definition) is 3. The fourth-order valence-electron chi connectivity index (χ4n) is 1.51. The molecule has 18 heavy (non-hydrogen) atoms. The Bertz CT molecular complexity index is 361. The van der Waals surface area contributed by atoms with Gasteiger partial charge in [0, 0.05) is 33.3 Å². The summed E-state index contributed by atoms with van der Waals surface area (Å²) in [7, 11) is 3.69. The molecule has 1 N–H and O–H groups in total. The molecule has 0 aromatic heterocycles. The Kier molecular flexibility index (Phi) is 6.78. The van der Waals surface area contributed by atoms with Crippen molar-refractivity contribution in [3.05, 3.63) is 35.4 Å². The average Bonchev–Trinajstić information content (AvgIpc) is 2.36. The molecular formula is C13H20F2N2O. The molecule has 0 unspecified atom stereocenters. The van der Waals surface area contributed by atoms with E-state index in [2.05, 4.69) is 10.2 Å². The van der Waals surface area contributed by atoms with E-state index in [9.17, 15) is 8.78 Å². The smallest absolute Gasteiger partial charge is 0.159 e. The number of benzene rings is 1. The van der Waals surface area contributed by atoms with Gasteiger partial charge in [-0.3, -0.25) is 0 Å². The molecule has 0 spiro atoms. The fourth-order valence-corrected chi connectivity index (χ4v) is 1.51. The first-order valence-corrected chi connectivity index (χ1v) is 5.95. The first kappa shape index (κ1) is 15.0. The number of hydrogen-bond donors (Lipinski definition) is 1. The number of nitrogens with one attached hydrogen (secondary N) is 1. The Morgan fingerprint density at radius 3 is 2.67 bits per heavy atom. The molecule has 5 heteroatoms. The Hall–Kier alpha value is -1.04. The van der Waals surface area contributed by atoms with E-state index in [0.717, 1.165) is 31.3 Å². The minimum atomic E-state index is -0.807. The van der Waals surface area contributed by atoms with Gasteiger partial charge >= 0.3 is 0 Å². The number of rotatable bonds is 8. The molecule has 1 aromatic carbocycles. The molecule has 1 rings (SSSR count). The molecule has 1 aromatic rings. The van der Waals surface area contributed by atoms with Gasteiger partial charge in [0.2, 0.25) is 0 Å². The second-order valence-corrected chi connectivity index (χ2v) is 4.22. The molecule has 0 atom stereocenters. The molecular weight excluding hydrogens is 238 g/mol. The van der Waals surface area contributed by atoms with E-state index in [1.165, 1.54) is 6.07 Å². The van der Waals surface area contributed by atoms with Crippen LogP contribution in [0.25, 0.3) is 0 Å². The molecule has 0 aliphatic carbocycles. The zero-order chi connectivity index (χ0) is 13.4. The van der Waals surface area contributed by atoms with Gasteiger partial charge in [-0.2, -0.15) is 0 Å². The molecule has 0 fully saturated rings. The standard InChI is InChI=1S/C13H20F2N2O/c1-17(7-8-18-2)6-5-16-10-11-3-4-12(14)13(15)9-11/h3-4,9,16H,5-8,10H2,1-2H3. The number of halogens is 2. The van der Waals surface area contributed by atoms with Crippen molar-refractivity contribution in [1.29, 1.82) is 0 Å². The number of methoxy groups -OCH3 is 1. The van der Waals surface area contributed by atoms with Crippen LogP contribution in [-0.2, 0) is 11.3 Å². The van der Waals surface area contributed by atoms with Crippen LogP contribution in [0.3, 0.4) is 0 Å². The van der Waals surface area contributed by atoms with Gasteiger partial charge < -0.3 is 15.0 Å². The Balaban J connectivity index is 2.19. The summed E-state index contributed by atoms with van der Waals surface area (Å²) in [6.07, 6.45) is 0. The molecule has 0 heterocycles. The quantitative estimate of drug-likeness (QED) is 0.717. The summed E-state index contributed by atoms with van der Waals surface area (Å²) in [5.41, 5.74) is 0.744. The van der Waals surface area contributed by atoms with Gasteiger partial charge in [-0.25, -0.2) is 8.78 Å². The van der Waals surface area contributed by atoms with E-state index < -0.39 is 11.6 Å². The van der Waals surface area contributed by atoms with E-state index in [1.54, 1.807) is 13.2 Å². The van der Waals surface area contributed by atoms with Crippen LogP contribution in [0.5, 0.6) is 0 Å². The van der Waals surface area contributed by atoms with E-state index in [1.807, 2.05) is 7.05 Å². The monoisotopic (exact) mass is 258 g/mol. The van der Waals surface area contributed by atoms with Gasteiger partial charge in [0.25, 0.3) is 0 Å². The third-order valence-corrected chi connectivity index (χ3v) is 2.66. The molecule has 0 aliphatic heterocycles. The molecule has 0 radical (unpaired) electrons. The van der Waals surface area contributed by atoms with Crippen LogP contribution in [0.4, 0.5) is 8.78 Å². The van der Waals surface area contributed by atoms with Gasteiger partial charge in [-0.1, -0.05) is 6.07 Å². The van der Waals surface area contributed by atoms with Crippen molar-refractivity contribution < 1.29 is 13.5 Å². The highest BCUT2D eigenvalue weighted by molar-refractivity contribution is 5.17. The SMILES string of the molecule is COCCN(C)CCNCc1ccc(F)c(F)c1. The van der Waals surface area contributed by atoms with Crippen molar-refractivity contribution in [2.45, 2.75) is 6.54 Å². The summed E-state index contributed by atoms with van der Waals surface area (Å²) in [5, 5.41) is 3.18. The summed E-state index contributed by atoms with van der Waals surface area (Å²) in [4.78, 5) is 2.14. The Morgan fingerprint density at radius 1 is 1.22 bits per heavy atom. The lowest BCUT2D eigenvalue weighted by Gasteiger charge is -2.16. The van der Waals surface area contributed by atoms with E-state index in [4.69, 9.17) is 4.74 Å². The van der Waals surface area contributed by atoms with Crippen molar-refractivity contribution in [3.8, 4) is 0 Å². The maximum atomic E-state index is 12.9. The minimum Gasteiger partial charge on any atom is -0.383 e. The summed E-state index contributed by atoms with van der Waals surface area (Å²) in [6.45, 7) is 3.80. The zero-order valence-electron chi connectivity index (χ0n) is 10.9. The van der Waals surface area contributed by atoms with E-state index >= 15 is 0 Å². The predicted molar refractivity (Wildman–Crippen MR) is 67.4 cm³/mol. The average molecular weight is 258 g/mol. The number of ether oxygens (including phenoxy) is 1. The molecule has 3 nitrogen and oxygen atoms in total. The first-order valence-electron chi connectivity index (χ1n) is 5.95. The summed E-state index contributed by atoms with van der Waals surface area (Å²) in [6, 6.07) is 3.95. The van der Waals surface area contributed by atoms with Gasteiger partial charge in [0.1, 0.15) is 0 Å². The highest BCUT2D eigenvalue weighted by Crippen LogP contribution is 2.08. The summed E-state index contributed by atoms with van der Waals surface area (Å²) < 4.78 is 30.6. The molecule has 102 valence electrons. The normalized spacial score (nSPS) is 11.2. The van der Waals surface area contributed by atoms with Gasteiger partial charge in [0.05, 0.1) is 6.61 Å². The van der Waals surface area contributed by atoms with Crippen molar-refractivity contribution in [3.63, 3.8) is 0 Å². The molecule has 0 bridgehead atoms. The van der Waals surface area contributed by atoms with Crippen LogP contribution in [0.2, 0.25) is 0 Å². The van der Waals surface area contributed by atoms with E-state index in [-0.39, 0.29) is 0 Å². The minimum absolute atomic E-state index is 0.537. The van der Waals surface area contributed by atoms with Crippen LogP contribution in [0.1, 0.15) is 5.56 Å². The molecule has 0 aliphatic rings. The second-order valence-electron chi connectivity index (χ2n) is 4.22. The second kappa shape index (κ2) is 8.13. The maximum absolute atomic E-state index is 12.9. The summed E-state index contributed by atoms with van der Waals surface area (Å²) >= 11 is 0. The van der Waals surface area contributed by atoms with Crippen molar-refractivity contribution in [2.75, 3.05) is 40.4 Å². The van der Waals surface area contributed by atoms with Crippen LogP contribution >= 0.6 is 0 Å². The third kappa shape index (κ3) is 5.53. The highest BCUT2D eigenvalue weighted by Gasteiger charge is 2.02. The number of likely N-dealkylation sites (N-methyl/N-ethyl adjacent to an activating group) is 1. The fraction of sp³-hybridized carbons (Fsp3) is 0.538. The topological polar surface area (TPSA) is 24.5 Å². The largest absolute Gasteiger partial charge is 0.383 e. The molecule has 0 saturated carbocycles. The van der Waals surface area contributed by atoms with Crippen LogP contribution in [-0.4, -0.2) is 45.3 Å². The van der Waals surface area contributed by atoms with Gasteiger partial charge in [0.15, 0.2) is 11.6 Å². The molecule has 0 amide bonds. The van der Waals surface area contributed by atoms with Crippen LogP contribution in [0.15, 0.2) is 18.2 Å². The Morgan fingerprint density at radius 2 is 2.00 bits per heavy atom. The lowest BCUT2D eigenvalue weighted by atomic mass is 10.2. The van der Waals surface area contributed by atoms with Crippen LogP contribution in [0, 0.1) is 11.6 Å². The third-order valence-electron chi connectivity index (χ3n) is 2.66. The Labute approximate surface area is 107 Å². The van der Waals surface area contributed by atoms with Crippen molar-refractivity contribution in [1.82, 2.24) is 10.2 Å². The highest BCUT2D eigenvalue weighted by atomic mass is 19.2. The summed E-state index contributed by atoms with van der Waals surface area (Å²) in [5.74, 6) is -1.61. The number of nitrogens with zero attached hydrogens (tertiary/aromatic N) is 1. The van der Waals surface area contributed by atoms with Crippen molar-refractivity contribution >= 4 is 0 Å². The first-order chi connectivity index (χ1) is 8.63. The maximum Gasteiger partial charge on any atom is 0.159 e. The lowest BCUT2D eigenvalue weighted by molar-refractivity contribution is 0.161. The van der Waals surface area contributed by atoms with Crippen molar-refractivity contribution in [2.24, 2.45) is 0 Å². The molecule has 0 saturated heterocycles. The zero-order valence-corrected chi connectivity index (χ0v) is 10.9. The van der Waals surface area contributed by atoms with Gasteiger partial charge in [-0.15, -0.1) is 0 Å².